The molecule has 1 amide bonds. The summed E-state index contributed by atoms with van der Waals surface area (Å²) in [6, 6.07) is 0. The molecule has 1 rings (SSSR count). The molecule has 8 heteroatoms. The highest BCUT2D eigenvalue weighted by Crippen LogP contribution is 2.49. The molecular weight excluding hydrogens is 286 g/mol. The lowest BCUT2D eigenvalue weighted by Crippen LogP contribution is -2.55. The number of hydrogen-bond donors (Lipinski definition) is 2. The zero-order chi connectivity index (χ0) is 15.6. The van der Waals surface area contributed by atoms with Crippen LogP contribution in [0.5, 0.6) is 0 Å². The molecule has 1 saturated carbocycles. The summed E-state index contributed by atoms with van der Waals surface area (Å²) in [6.45, 7) is 1.19. The van der Waals surface area contributed by atoms with Crippen LogP contribution in [0.2, 0.25) is 0 Å². The van der Waals surface area contributed by atoms with Crippen molar-refractivity contribution < 1.29 is 27.9 Å². The molecule has 7 nitrogen and oxygen atoms in total. The fourth-order valence-corrected chi connectivity index (χ4v) is 3.74. The van der Waals surface area contributed by atoms with Gasteiger partial charge in [-0.3, -0.25) is 4.79 Å². The maximum atomic E-state index is 12.0. The second kappa shape index (κ2) is 5.69. The summed E-state index contributed by atoms with van der Waals surface area (Å²) in [7, 11) is -1.81. The fraction of sp³-hybridized carbons (Fsp3) is 0.833. The van der Waals surface area contributed by atoms with Gasteiger partial charge >= 0.3 is 5.97 Å². The van der Waals surface area contributed by atoms with Gasteiger partial charge in [0.05, 0.1) is 12.4 Å². The molecule has 0 aromatic carbocycles. The molecule has 0 spiro atoms. The standard InChI is InChI=1S/C12H21NO6S/c1-11(7-19-2,10(15)16)13-9(14)6-12(4-5-12)8-20(3,17)18/h4-8H2,1-3H3,(H,13,14)(H,15,16). The molecule has 1 aliphatic rings. The van der Waals surface area contributed by atoms with Crippen LogP contribution in [0.1, 0.15) is 26.2 Å². The number of nitrogens with one attached hydrogen (secondary N) is 1. The Labute approximate surface area is 118 Å². The van der Waals surface area contributed by atoms with Crippen LogP contribution < -0.4 is 5.32 Å². The van der Waals surface area contributed by atoms with E-state index < -0.39 is 32.7 Å². The number of carbonyl (C=O) groups excluding carboxylic acids is 1. The summed E-state index contributed by atoms with van der Waals surface area (Å²) in [4.78, 5) is 23.1. The van der Waals surface area contributed by atoms with Crippen molar-refractivity contribution in [2.24, 2.45) is 5.41 Å². The van der Waals surface area contributed by atoms with Crippen molar-refractivity contribution in [3.63, 3.8) is 0 Å². The van der Waals surface area contributed by atoms with Crippen LogP contribution in [-0.2, 0) is 24.2 Å². The number of ether oxygens (including phenoxy) is 1. The lowest BCUT2D eigenvalue weighted by molar-refractivity contribution is -0.149. The Bertz CT molecular complexity index is 496. The number of carboxylic acids is 1. The highest BCUT2D eigenvalue weighted by Gasteiger charge is 2.47. The minimum absolute atomic E-state index is 0.0205. The van der Waals surface area contributed by atoms with Crippen molar-refractivity contribution in [1.29, 1.82) is 0 Å². The first kappa shape index (κ1) is 16.9. The number of sulfone groups is 1. The van der Waals surface area contributed by atoms with Crippen molar-refractivity contribution in [2.45, 2.75) is 31.7 Å². The van der Waals surface area contributed by atoms with E-state index in [2.05, 4.69) is 5.32 Å². The van der Waals surface area contributed by atoms with Crippen molar-refractivity contribution in [1.82, 2.24) is 5.32 Å². The summed E-state index contributed by atoms with van der Waals surface area (Å²) < 4.78 is 27.4. The van der Waals surface area contributed by atoms with Gasteiger partial charge in [0.2, 0.25) is 5.91 Å². The van der Waals surface area contributed by atoms with Crippen LogP contribution in [-0.4, -0.2) is 56.7 Å². The van der Waals surface area contributed by atoms with Crippen LogP contribution >= 0.6 is 0 Å². The average molecular weight is 307 g/mol. The number of carbonyl (C=O) groups is 2. The first-order valence-corrected chi connectivity index (χ1v) is 8.29. The van der Waals surface area contributed by atoms with E-state index in [0.717, 1.165) is 6.26 Å². The third-order valence-electron chi connectivity index (χ3n) is 3.38. The van der Waals surface area contributed by atoms with E-state index in [0.29, 0.717) is 12.8 Å². The van der Waals surface area contributed by atoms with E-state index in [1.807, 2.05) is 0 Å². The maximum Gasteiger partial charge on any atom is 0.331 e. The number of rotatable bonds is 8. The molecule has 0 aromatic heterocycles. The van der Waals surface area contributed by atoms with Crippen molar-refractivity contribution in [3.05, 3.63) is 0 Å². The van der Waals surface area contributed by atoms with Gasteiger partial charge < -0.3 is 15.2 Å². The van der Waals surface area contributed by atoms with Gasteiger partial charge in [0.15, 0.2) is 5.54 Å². The third kappa shape index (κ3) is 4.75. The van der Waals surface area contributed by atoms with Crippen LogP contribution in [0.25, 0.3) is 0 Å². The average Bonchev–Trinajstić information content (AvgIpc) is 2.93. The van der Waals surface area contributed by atoms with Gasteiger partial charge in [-0.15, -0.1) is 0 Å². The highest BCUT2D eigenvalue weighted by atomic mass is 32.2. The van der Waals surface area contributed by atoms with E-state index >= 15 is 0 Å². The number of carboxylic acid groups (broad SMARTS) is 1. The number of amides is 1. The van der Waals surface area contributed by atoms with Crippen LogP contribution in [0.15, 0.2) is 0 Å². The molecule has 1 fully saturated rings. The molecule has 20 heavy (non-hydrogen) atoms. The molecule has 0 saturated heterocycles. The summed E-state index contributed by atoms with van der Waals surface area (Å²) in [5.41, 5.74) is -2.03. The number of hydrogen-bond acceptors (Lipinski definition) is 5. The van der Waals surface area contributed by atoms with Crippen LogP contribution in [0.3, 0.4) is 0 Å². The largest absolute Gasteiger partial charge is 0.479 e. The molecule has 2 N–H and O–H groups in total. The lowest BCUT2D eigenvalue weighted by Gasteiger charge is -2.26. The normalized spacial score (nSPS) is 19.9. The van der Waals surface area contributed by atoms with E-state index in [1.54, 1.807) is 0 Å². The van der Waals surface area contributed by atoms with Gasteiger partial charge in [0.25, 0.3) is 0 Å². The van der Waals surface area contributed by atoms with E-state index in [9.17, 15) is 18.0 Å². The van der Waals surface area contributed by atoms with E-state index in [-0.39, 0.29) is 18.8 Å². The molecule has 116 valence electrons. The Hall–Kier alpha value is -1.15. The molecular formula is C12H21NO6S. The monoisotopic (exact) mass is 307 g/mol. The Kier molecular flexibility index (Phi) is 4.81. The minimum Gasteiger partial charge on any atom is -0.479 e. The zero-order valence-corrected chi connectivity index (χ0v) is 12.7. The van der Waals surface area contributed by atoms with Crippen LogP contribution in [0, 0.1) is 5.41 Å². The van der Waals surface area contributed by atoms with Crippen LogP contribution in [0.4, 0.5) is 0 Å². The predicted octanol–water partition coefficient (Wildman–Crippen LogP) is -0.193. The second-order valence-corrected chi connectivity index (χ2v) is 8.01. The van der Waals surface area contributed by atoms with Crippen molar-refractivity contribution in [2.75, 3.05) is 25.7 Å². The van der Waals surface area contributed by atoms with Gasteiger partial charge in [0.1, 0.15) is 9.84 Å². The summed E-state index contributed by atoms with van der Waals surface area (Å²) in [5.74, 6) is -1.70. The van der Waals surface area contributed by atoms with E-state index in [1.165, 1.54) is 14.0 Å². The quantitative estimate of drug-likeness (QED) is 0.643. The summed E-state index contributed by atoms with van der Waals surface area (Å²) >= 11 is 0. The van der Waals surface area contributed by atoms with Gasteiger partial charge in [-0.25, -0.2) is 13.2 Å². The molecule has 0 bridgehead atoms. The van der Waals surface area contributed by atoms with E-state index in [4.69, 9.17) is 9.84 Å². The molecule has 0 radical (unpaired) electrons. The minimum atomic E-state index is -3.16. The summed E-state index contributed by atoms with van der Waals surface area (Å²) in [6.07, 6.45) is 2.49. The fourth-order valence-electron chi connectivity index (χ4n) is 2.24. The molecule has 0 heterocycles. The predicted molar refractivity (Wildman–Crippen MR) is 72.1 cm³/mol. The Morgan fingerprint density at radius 3 is 2.30 bits per heavy atom. The van der Waals surface area contributed by atoms with Crippen molar-refractivity contribution in [3.8, 4) is 0 Å². The topological polar surface area (TPSA) is 110 Å². The zero-order valence-electron chi connectivity index (χ0n) is 11.9. The molecule has 0 aromatic rings. The Morgan fingerprint density at radius 1 is 1.40 bits per heavy atom. The first-order valence-electron chi connectivity index (χ1n) is 6.23. The smallest absolute Gasteiger partial charge is 0.331 e. The molecule has 1 unspecified atom stereocenters. The number of methoxy groups -OCH3 is 1. The van der Waals surface area contributed by atoms with Gasteiger partial charge in [-0.2, -0.15) is 0 Å². The van der Waals surface area contributed by atoms with Gasteiger partial charge in [0, 0.05) is 19.8 Å². The van der Waals surface area contributed by atoms with Crippen molar-refractivity contribution >= 4 is 21.7 Å². The second-order valence-electron chi connectivity index (χ2n) is 5.87. The molecule has 1 atom stereocenters. The highest BCUT2D eigenvalue weighted by molar-refractivity contribution is 7.90. The lowest BCUT2D eigenvalue weighted by atomic mass is 10.0. The first-order chi connectivity index (χ1) is 9.02. The number of aliphatic carboxylic acids is 1. The van der Waals surface area contributed by atoms with Gasteiger partial charge in [-0.05, 0) is 25.2 Å². The molecule has 1 aliphatic carbocycles. The third-order valence-corrected chi connectivity index (χ3v) is 4.52. The Balaban J connectivity index is 2.66. The molecule has 0 aliphatic heterocycles. The maximum absolute atomic E-state index is 12.0. The van der Waals surface area contributed by atoms with Gasteiger partial charge in [-0.1, -0.05) is 0 Å². The summed E-state index contributed by atoms with van der Waals surface area (Å²) in [5, 5.41) is 11.5. The SMILES string of the molecule is COCC(C)(NC(=O)CC1(CS(C)(=O)=O)CC1)C(=O)O. The Morgan fingerprint density at radius 2 is 1.95 bits per heavy atom.